The fraction of sp³-hybridized carbons (Fsp3) is 0.0233. The highest BCUT2D eigenvalue weighted by molar-refractivity contribution is 6.39. The van der Waals surface area contributed by atoms with Gasteiger partial charge in [-0.2, -0.15) is 0 Å². The van der Waals surface area contributed by atoms with Gasteiger partial charge in [-0.05, 0) is 63.2 Å². The molecule has 1 aliphatic carbocycles. The first kappa shape index (κ1) is 27.2. The van der Waals surface area contributed by atoms with Crippen molar-refractivity contribution in [1.29, 1.82) is 0 Å². The number of furan rings is 1. The average Bonchev–Trinajstić information content (AvgIpc) is 3.65. The number of hydrogen-bond donors (Lipinski definition) is 0. The minimum atomic E-state index is -0.481. The maximum absolute atomic E-state index is 7.37. The lowest BCUT2D eigenvalue weighted by Crippen LogP contribution is -2.28. The third-order valence-electron chi connectivity index (χ3n) is 9.53. The topological polar surface area (TPSA) is 13.1 Å². The minimum Gasteiger partial charge on any atom is -0.455 e. The third-order valence-corrected chi connectivity index (χ3v) is 10.3. The van der Waals surface area contributed by atoms with Gasteiger partial charge in [0.1, 0.15) is 11.2 Å². The molecule has 0 spiro atoms. The van der Waals surface area contributed by atoms with Crippen LogP contribution in [0.5, 0.6) is 0 Å². The van der Waals surface area contributed by atoms with E-state index in [0.717, 1.165) is 44.2 Å². The standard InChI is InChI=1S/C43H26Cl2O/c44-38-25-24-34(42-40(38)35-18-6-9-23-39(35)46-42)33-20-11-19-30(41(33)45)27-12-10-15-29(26-27)43(28-13-2-1-3-14-28)36-21-7-4-16-31(36)32-17-5-8-22-37(32)43/h1-26H. The maximum Gasteiger partial charge on any atom is 0.144 e. The van der Waals surface area contributed by atoms with E-state index in [9.17, 15) is 0 Å². The van der Waals surface area contributed by atoms with Gasteiger partial charge >= 0.3 is 0 Å². The van der Waals surface area contributed by atoms with Gasteiger partial charge in [0.25, 0.3) is 0 Å². The van der Waals surface area contributed by atoms with Gasteiger partial charge in [-0.25, -0.2) is 0 Å². The van der Waals surface area contributed by atoms with Gasteiger partial charge in [-0.3, -0.25) is 0 Å². The summed E-state index contributed by atoms with van der Waals surface area (Å²) in [6.45, 7) is 0. The highest BCUT2D eigenvalue weighted by atomic mass is 35.5. The smallest absolute Gasteiger partial charge is 0.144 e. The maximum atomic E-state index is 7.37. The lowest BCUT2D eigenvalue weighted by Gasteiger charge is -2.34. The number of benzene rings is 7. The van der Waals surface area contributed by atoms with Gasteiger partial charge in [-0.15, -0.1) is 0 Å². The van der Waals surface area contributed by atoms with Crippen LogP contribution in [0.1, 0.15) is 22.3 Å². The number of rotatable bonds is 4. The SMILES string of the molecule is Clc1c(-c2cccc(C3(c4ccccc4)c4ccccc4-c4ccccc43)c2)cccc1-c1ccc(Cl)c2c1oc1ccccc12. The Kier molecular flexibility index (Phi) is 6.21. The van der Waals surface area contributed by atoms with Crippen LogP contribution in [0.3, 0.4) is 0 Å². The van der Waals surface area contributed by atoms with Crippen molar-refractivity contribution in [3.05, 3.63) is 190 Å². The van der Waals surface area contributed by atoms with Crippen molar-refractivity contribution >= 4 is 45.1 Å². The molecule has 0 bridgehead atoms. The van der Waals surface area contributed by atoms with Crippen LogP contribution in [-0.2, 0) is 5.41 Å². The molecule has 1 aliphatic rings. The molecule has 0 atom stereocenters. The van der Waals surface area contributed by atoms with Crippen LogP contribution in [0, 0.1) is 0 Å². The van der Waals surface area contributed by atoms with E-state index in [4.69, 9.17) is 27.6 Å². The number of hydrogen-bond acceptors (Lipinski definition) is 1. The number of halogens is 2. The Bertz CT molecular complexity index is 2410. The zero-order valence-corrected chi connectivity index (χ0v) is 26.2. The molecule has 1 nitrogen and oxygen atoms in total. The lowest BCUT2D eigenvalue weighted by molar-refractivity contribution is 0.670. The lowest BCUT2D eigenvalue weighted by atomic mass is 9.67. The van der Waals surface area contributed by atoms with E-state index in [1.54, 1.807) is 0 Å². The molecule has 0 unspecified atom stereocenters. The summed E-state index contributed by atoms with van der Waals surface area (Å²) in [6, 6.07) is 55.5. The van der Waals surface area contributed by atoms with Crippen LogP contribution in [-0.4, -0.2) is 0 Å². The summed E-state index contributed by atoms with van der Waals surface area (Å²) < 4.78 is 6.39. The van der Waals surface area contributed by atoms with Crippen LogP contribution in [0.15, 0.2) is 162 Å². The molecule has 218 valence electrons. The molecule has 0 fully saturated rings. The predicted octanol–water partition coefficient (Wildman–Crippen LogP) is 12.6. The molecule has 3 heteroatoms. The van der Waals surface area contributed by atoms with E-state index in [1.165, 1.54) is 33.4 Å². The highest BCUT2D eigenvalue weighted by Crippen LogP contribution is 2.56. The van der Waals surface area contributed by atoms with Crippen molar-refractivity contribution in [3.63, 3.8) is 0 Å². The molecule has 9 rings (SSSR count). The normalized spacial score (nSPS) is 13.2. The molecule has 0 saturated carbocycles. The number of para-hydroxylation sites is 1. The Hall–Kier alpha value is -5.08. The van der Waals surface area contributed by atoms with Crippen LogP contribution in [0.4, 0.5) is 0 Å². The first-order valence-corrected chi connectivity index (χ1v) is 16.2. The van der Waals surface area contributed by atoms with Gasteiger partial charge in [-0.1, -0.05) is 157 Å². The average molecular weight is 630 g/mol. The van der Waals surface area contributed by atoms with Crippen molar-refractivity contribution < 1.29 is 4.42 Å². The Morgan fingerprint density at radius 3 is 1.85 bits per heavy atom. The molecular formula is C43H26Cl2O. The monoisotopic (exact) mass is 628 g/mol. The number of fused-ring (bicyclic) bond motifs is 6. The molecule has 7 aromatic carbocycles. The van der Waals surface area contributed by atoms with E-state index >= 15 is 0 Å². The van der Waals surface area contributed by atoms with Crippen LogP contribution in [0.25, 0.3) is 55.3 Å². The van der Waals surface area contributed by atoms with Crippen LogP contribution < -0.4 is 0 Å². The third kappa shape index (κ3) is 3.83. The van der Waals surface area contributed by atoms with E-state index in [0.29, 0.717) is 10.0 Å². The molecule has 8 aromatic rings. The van der Waals surface area contributed by atoms with Crippen molar-refractivity contribution in [2.24, 2.45) is 0 Å². The predicted molar refractivity (Wildman–Crippen MR) is 192 cm³/mol. The fourth-order valence-electron chi connectivity index (χ4n) is 7.59. The Balaban J connectivity index is 1.27. The van der Waals surface area contributed by atoms with Crippen LogP contribution >= 0.6 is 23.2 Å². The van der Waals surface area contributed by atoms with E-state index in [1.807, 2.05) is 36.4 Å². The molecule has 0 N–H and O–H groups in total. The van der Waals surface area contributed by atoms with Crippen molar-refractivity contribution in [2.75, 3.05) is 0 Å². The van der Waals surface area contributed by atoms with E-state index < -0.39 is 5.41 Å². The van der Waals surface area contributed by atoms with Gasteiger partial charge < -0.3 is 4.42 Å². The molecule has 0 aliphatic heterocycles. The summed E-state index contributed by atoms with van der Waals surface area (Å²) in [4.78, 5) is 0. The molecule has 1 heterocycles. The van der Waals surface area contributed by atoms with Gasteiger partial charge in [0.2, 0.25) is 0 Å². The Labute approximate surface area is 277 Å². The molecular weight excluding hydrogens is 603 g/mol. The summed E-state index contributed by atoms with van der Waals surface area (Å²) in [7, 11) is 0. The zero-order valence-electron chi connectivity index (χ0n) is 24.7. The summed E-state index contributed by atoms with van der Waals surface area (Å²) in [5.74, 6) is 0. The summed E-state index contributed by atoms with van der Waals surface area (Å²) in [5, 5.41) is 3.23. The van der Waals surface area contributed by atoms with Gasteiger partial charge in [0.15, 0.2) is 0 Å². The molecule has 0 amide bonds. The Morgan fingerprint density at radius 2 is 1.07 bits per heavy atom. The van der Waals surface area contributed by atoms with Crippen LogP contribution in [0.2, 0.25) is 10.0 Å². The summed E-state index contributed by atoms with van der Waals surface area (Å²) >= 11 is 14.1. The van der Waals surface area contributed by atoms with Crippen molar-refractivity contribution in [3.8, 4) is 33.4 Å². The summed E-state index contributed by atoms with van der Waals surface area (Å²) in [5.41, 5.74) is 12.4. The molecule has 0 saturated heterocycles. The second-order valence-electron chi connectivity index (χ2n) is 11.9. The first-order valence-electron chi connectivity index (χ1n) is 15.4. The molecule has 46 heavy (non-hydrogen) atoms. The van der Waals surface area contributed by atoms with Crippen molar-refractivity contribution in [1.82, 2.24) is 0 Å². The zero-order chi connectivity index (χ0) is 30.8. The van der Waals surface area contributed by atoms with Crippen molar-refractivity contribution in [2.45, 2.75) is 5.41 Å². The fourth-order valence-corrected chi connectivity index (χ4v) is 8.18. The second kappa shape index (κ2) is 10.5. The first-order chi connectivity index (χ1) is 22.7. The largest absolute Gasteiger partial charge is 0.455 e. The quantitative estimate of drug-likeness (QED) is 0.189. The van der Waals surface area contributed by atoms with E-state index in [2.05, 4.69) is 121 Å². The minimum absolute atomic E-state index is 0.481. The summed E-state index contributed by atoms with van der Waals surface area (Å²) in [6.07, 6.45) is 0. The van der Waals surface area contributed by atoms with E-state index in [-0.39, 0.29) is 0 Å². The van der Waals surface area contributed by atoms with Gasteiger partial charge in [0, 0.05) is 27.5 Å². The Morgan fingerprint density at radius 1 is 0.457 bits per heavy atom. The van der Waals surface area contributed by atoms with Gasteiger partial charge in [0.05, 0.1) is 15.5 Å². The molecule has 1 aromatic heterocycles. The highest BCUT2D eigenvalue weighted by Gasteiger charge is 2.45. The second-order valence-corrected chi connectivity index (χ2v) is 12.6. The molecule has 0 radical (unpaired) electrons.